The van der Waals surface area contributed by atoms with Gasteiger partial charge in [0.1, 0.15) is 6.04 Å². The smallest absolute Gasteiger partial charge is 0.261 e. The van der Waals surface area contributed by atoms with Crippen molar-refractivity contribution in [2.75, 3.05) is 5.32 Å². The predicted molar refractivity (Wildman–Crippen MR) is 104 cm³/mol. The summed E-state index contributed by atoms with van der Waals surface area (Å²) in [5.74, 6) is -0.272. The maximum Gasteiger partial charge on any atom is 0.261 e. The summed E-state index contributed by atoms with van der Waals surface area (Å²) in [7, 11) is 0. The van der Waals surface area contributed by atoms with Gasteiger partial charge in [-0.05, 0) is 30.7 Å². The van der Waals surface area contributed by atoms with Gasteiger partial charge in [0, 0.05) is 0 Å². The number of nitrogens with zero attached hydrogens (tertiary/aromatic N) is 3. The average molecular weight is 364 g/mol. The Bertz CT molecular complexity index is 1130. The molecule has 0 saturated carbocycles. The Morgan fingerprint density at radius 3 is 2.65 bits per heavy atom. The number of rotatable bonds is 4. The molecule has 0 aliphatic carbocycles. The molecule has 0 radical (unpaired) electrons. The van der Waals surface area contributed by atoms with Gasteiger partial charge in [0.25, 0.3) is 5.56 Å². The molecular formula is C19H16N4O2S. The van der Waals surface area contributed by atoms with Gasteiger partial charge in [-0.15, -0.1) is 0 Å². The summed E-state index contributed by atoms with van der Waals surface area (Å²) < 4.78 is 2.39. The van der Waals surface area contributed by atoms with Gasteiger partial charge in [0.15, 0.2) is 5.13 Å². The van der Waals surface area contributed by atoms with Crippen molar-refractivity contribution >= 4 is 43.5 Å². The first kappa shape index (κ1) is 16.4. The SMILES string of the molecule is CC[C@@H](C(=O)Nc1nc2ccccc2s1)n1cnc2ccccc2c1=O. The second-order valence-corrected chi connectivity index (χ2v) is 6.90. The van der Waals surface area contributed by atoms with E-state index in [0.29, 0.717) is 22.5 Å². The van der Waals surface area contributed by atoms with E-state index in [0.717, 1.165) is 10.2 Å². The van der Waals surface area contributed by atoms with E-state index < -0.39 is 6.04 Å². The highest BCUT2D eigenvalue weighted by molar-refractivity contribution is 7.22. The molecule has 0 unspecified atom stereocenters. The Labute approximate surface area is 153 Å². The molecule has 0 spiro atoms. The lowest BCUT2D eigenvalue weighted by molar-refractivity contribution is -0.119. The summed E-state index contributed by atoms with van der Waals surface area (Å²) in [6.45, 7) is 1.87. The fourth-order valence-corrected chi connectivity index (χ4v) is 3.80. The van der Waals surface area contributed by atoms with Crippen molar-refractivity contribution in [3.8, 4) is 0 Å². The van der Waals surface area contributed by atoms with E-state index in [-0.39, 0.29) is 11.5 Å². The van der Waals surface area contributed by atoms with Crippen molar-refractivity contribution < 1.29 is 4.79 Å². The molecule has 1 amide bonds. The molecule has 2 aromatic carbocycles. The Balaban J connectivity index is 1.67. The molecule has 26 heavy (non-hydrogen) atoms. The lowest BCUT2D eigenvalue weighted by Crippen LogP contribution is -2.33. The van der Waals surface area contributed by atoms with Gasteiger partial charge in [-0.25, -0.2) is 9.97 Å². The van der Waals surface area contributed by atoms with Crippen LogP contribution in [-0.2, 0) is 4.79 Å². The maximum absolute atomic E-state index is 12.8. The van der Waals surface area contributed by atoms with Crippen molar-refractivity contribution in [2.45, 2.75) is 19.4 Å². The van der Waals surface area contributed by atoms with Gasteiger partial charge < -0.3 is 5.32 Å². The van der Waals surface area contributed by atoms with E-state index in [1.165, 1.54) is 22.2 Å². The minimum atomic E-state index is -0.647. The maximum atomic E-state index is 12.8. The lowest BCUT2D eigenvalue weighted by Gasteiger charge is -2.17. The van der Waals surface area contributed by atoms with Crippen molar-refractivity contribution in [3.05, 3.63) is 65.2 Å². The lowest BCUT2D eigenvalue weighted by atomic mass is 10.2. The minimum Gasteiger partial charge on any atom is -0.300 e. The van der Waals surface area contributed by atoms with E-state index in [2.05, 4.69) is 15.3 Å². The number of carbonyl (C=O) groups excluding carboxylic acids is 1. The minimum absolute atomic E-state index is 0.220. The predicted octanol–water partition coefficient (Wildman–Crippen LogP) is 3.60. The van der Waals surface area contributed by atoms with Gasteiger partial charge in [-0.3, -0.25) is 14.2 Å². The van der Waals surface area contributed by atoms with Gasteiger partial charge in [-0.1, -0.05) is 42.5 Å². The number of benzene rings is 2. The van der Waals surface area contributed by atoms with Crippen molar-refractivity contribution in [1.29, 1.82) is 0 Å². The Morgan fingerprint density at radius 2 is 1.88 bits per heavy atom. The molecule has 0 bridgehead atoms. The summed E-state index contributed by atoms with van der Waals surface area (Å²) in [4.78, 5) is 34.3. The first-order chi connectivity index (χ1) is 12.7. The molecule has 7 heteroatoms. The molecule has 1 atom stereocenters. The number of thiazole rings is 1. The number of hydrogen-bond acceptors (Lipinski definition) is 5. The van der Waals surface area contributed by atoms with Gasteiger partial charge >= 0.3 is 0 Å². The summed E-state index contributed by atoms with van der Waals surface area (Å²) in [5.41, 5.74) is 1.24. The number of hydrogen-bond donors (Lipinski definition) is 1. The van der Waals surface area contributed by atoms with Crippen LogP contribution in [0.1, 0.15) is 19.4 Å². The van der Waals surface area contributed by atoms with E-state index in [9.17, 15) is 9.59 Å². The highest BCUT2D eigenvalue weighted by Gasteiger charge is 2.22. The highest BCUT2D eigenvalue weighted by Crippen LogP contribution is 2.26. The zero-order valence-electron chi connectivity index (χ0n) is 14.0. The molecular weight excluding hydrogens is 348 g/mol. The van der Waals surface area contributed by atoms with Crippen LogP contribution in [0.15, 0.2) is 59.7 Å². The molecule has 2 heterocycles. The van der Waals surface area contributed by atoms with Crippen LogP contribution in [0.3, 0.4) is 0 Å². The van der Waals surface area contributed by atoms with Crippen LogP contribution in [0.5, 0.6) is 0 Å². The number of amides is 1. The molecule has 0 aliphatic rings. The van der Waals surface area contributed by atoms with Crippen molar-refractivity contribution in [2.24, 2.45) is 0 Å². The van der Waals surface area contributed by atoms with Crippen LogP contribution in [0.4, 0.5) is 5.13 Å². The Kier molecular flexibility index (Phi) is 4.22. The molecule has 1 N–H and O–H groups in total. The quantitative estimate of drug-likeness (QED) is 0.600. The number of nitrogens with one attached hydrogen (secondary N) is 1. The normalized spacial score (nSPS) is 12.3. The second kappa shape index (κ2) is 6.68. The number of aromatic nitrogens is 3. The van der Waals surface area contributed by atoms with E-state index in [4.69, 9.17) is 0 Å². The Hall–Kier alpha value is -3.06. The fourth-order valence-electron chi connectivity index (χ4n) is 2.93. The van der Waals surface area contributed by atoms with Gasteiger partial charge in [0.2, 0.25) is 5.91 Å². The van der Waals surface area contributed by atoms with E-state index in [1.807, 2.05) is 37.3 Å². The van der Waals surface area contributed by atoms with Crippen LogP contribution in [-0.4, -0.2) is 20.4 Å². The Morgan fingerprint density at radius 1 is 1.15 bits per heavy atom. The molecule has 0 saturated heterocycles. The third-order valence-electron chi connectivity index (χ3n) is 4.24. The van der Waals surface area contributed by atoms with Crippen LogP contribution < -0.4 is 10.9 Å². The largest absolute Gasteiger partial charge is 0.300 e. The third kappa shape index (κ3) is 2.86. The summed E-state index contributed by atoms with van der Waals surface area (Å²) in [5, 5.41) is 3.86. The topological polar surface area (TPSA) is 76.9 Å². The van der Waals surface area contributed by atoms with Gasteiger partial charge in [0.05, 0.1) is 27.4 Å². The highest BCUT2D eigenvalue weighted by atomic mass is 32.1. The molecule has 4 rings (SSSR count). The third-order valence-corrected chi connectivity index (χ3v) is 5.19. The fraction of sp³-hybridized carbons (Fsp3) is 0.158. The van der Waals surface area contributed by atoms with Crippen molar-refractivity contribution in [1.82, 2.24) is 14.5 Å². The van der Waals surface area contributed by atoms with Crippen molar-refractivity contribution in [3.63, 3.8) is 0 Å². The first-order valence-electron chi connectivity index (χ1n) is 8.29. The summed E-state index contributed by atoms with van der Waals surface area (Å²) >= 11 is 1.41. The van der Waals surface area contributed by atoms with E-state index >= 15 is 0 Å². The molecule has 6 nitrogen and oxygen atoms in total. The van der Waals surface area contributed by atoms with Gasteiger partial charge in [-0.2, -0.15) is 0 Å². The molecule has 130 valence electrons. The molecule has 0 fully saturated rings. The van der Waals surface area contributed by atoms with E-state index in [1.54, 1.807) is 18.2 Å². The zero-order chi connectivity index (χ0) is 18.1. The van der Waals surface area contributed by atoms with Crippen LogP contribution >= 0.6 is 11.3 Å². The van der Waals surface area contributed by atoms with Crippen LogP contribution in [0.25, 0.3) is 21.1 Å². The van der Waals surface area contributed by atoms with Crippen LogP contribution in [0, 0.1) is 0 Å². The number of anilines is 1. The average Bonchev–Trinajstić information content (AvgIpc) is 3.06. The summed E-state index contributed by atoms with van der Waals surface area (Å²) in [6, 6.07) is 14.2. The standard InChI is InChI=1S/C19H16N4O2S/c1-2-15(23-11-20-13-8-4-3-7-12(13)18(23)25)17(24)22-19-21-14-9-5-6-10-16(14)26-19/h3-11,15H,2H2,1H3,(H,21,22,24)/t15-/m0/s1. The van der Waals surface area contributed by atoms with Crippen LogP contribution in [0.2, 0.25) is 0 Å². The molecule has 4 aromatic rings. The second-order valence-electron chi connectivity index (χ2n) is 5.87. The zero-order valence-corrected chi connectivity index (χ0v) is 14.9. The first-order valence-corrected chi connectivity index (χ1v) is 9.11. The monoisotopic (exact) mass is 364 g/mol. The molecule has 0 aliphatic heterocycles. The number of carbonyl (C=O) groups is 1. The summed E-state index contributed by atoms with van der Waals surface area (Å²) in [6.07, 6.45) is 1.91. The number of para-hydroxylation sites is 2. The molecule has 2 aromatic heterocycles. The number of fused-ring (bicyclic) bond motifs is 2.